The van der Waals surface area contributed by atoms with Gasteiger partial charge >= 0.3 is 0 Å². The molecule has 0 atom stereocenters. The van der Waals surface area contributed by atoms with Crippen LogP contribution in [0.15, 0.2) is 12.1 Å². The van der Waals surface area contributed by atoms with Crippen LogP contribution in [-0.4, -0.2) is 4.98 Å². The summed E-state index contributed by atoms with van der Waals surface area (Å²) in [4.78, 5) is 3.48. The molecule has 13 heavy (non-hydrogen) atoms. The van der Waals surface area contributed by atoms with Crippen molar-refractivity contribution in [3.8, 4) is 0 Å². The van der Waals surface area contributed by atoms with Crippen molar-refractivity contribution in [2.24, 2.45) is 0 Å². The van der Waals surface area contributed by atoms with Crippen LogP contribution in [-0.2, 0) is 5.41 Å². The summed E-state index contributed by atoms with van der Waals surface area (Å²) >= 11 is 0. The van der Waals surface area contributed by atoms with Crippen LogP contribution in [0.2, 0.25) is 0 Å². The molecule has 1 radical (unpaired) electrons. The molecule has 0 fully saturated rings. The van der Waals surface area contributed by atoms with Gasteiger partial charge in [-0.3, -0.25) is 0 Å². The summed E-state index contributed by atoms with van der Waals surface area (Å²) in [6, 6.07) is 3.08. The van der Waals surface area contributed by atoms with E-state index in [4.69, 9.17) is 0 Å². The van der Waals surface area contributed by atoms with Crippen LogP contribution in [0.3, 0.4) is 0 Å². The van der Waals surface area contributed by atoms with E-state index in [1.807, 2.05) is 20.8 Å². The van der Waals surface area contributed by atoms with Gasteiger partial charge in [0.2, 0.25) is 0 Å². The van der Waals surface area contributed by atoms with Crippen molar-refractivity contribution in [3.63, 3.8) is 0 Å². The van der Waals surface area contributed by atoms with Gasteiger partial charge in [0.25, 0.3) is 6.43 Å². The minimum Gasteiger partial charge on any atom is -0.245 e. The fraction of sp³-hybridized carbons (Fsp3) is 0.500. The van der Waals surface area contributed by atoms with E-state index in [0.717, 1.165) is 5.56 Å². The lowest BCUT2D eigenvalue weighted by Gasteiger charge is -2.18. The predicted molar refractivity (Wildman–Crippen MR) is 46.7 cm³/mol. The van der Waals surface area contributed by atoms with Crippen molar-refractivity contribution in [2.45, 2.75) is 32.6 Å². The van der Waals surface area contributed by atoms with E-state index in [1.165, 1.54) is 6.07 Å². The largest absolute Gasteiger partial charge is 0.280 e. The fourth-order valence-electron chi connectivity index (χ4n) is 0.954. The molecule has 0 aromatic carbocycles. The van der Waals surface area contributed by atoms with Crippen molar-refractivity contribution in [1.82, 2.24) is 4.98 Å². The Morgan fingerprint density at radius 2 is 2.00 bits per heavy atom. The zero-order valence-corrected chi connectivity index (χ0v) is 7.94. The van der Waals surface area contributed by atoms with Crippen molar-refractivity contribution < 1.29 is 8.78 Å². The third-order valence-electron chi connectivity index (χ3n) is 1.81. The molecule has 0 unspecified atom stereocenters. The maximum absolute atomic E-state index is 12.3. The van der Waals surface area contributed by atoms with Crippen molar-refractivity contribution in [1.29, 1.82) is 0 Å². The molecular formula is C10H12F2N. The minimum atomic E-state index is -2.52. The van der Waals surface area contributed by atoms with E-state index in [1.54, 1.807) is 6.07 Å². The Balaban J connectivity index is 3.06. The highest BCUT2D eigenvalue weighted by Gasteiger charge is 2.16. The topological polar surface area (TPSA) is 12.9 Å². The van der Waals surface area contributed by atoms with Gasteiger partial charge in [0.05, 0.1) is 6.20 Å². The SMILES string of the molecule is CC(C)(C)c1c[c]nc(C(F)F)c1. The zero-order valence-electron chi connectivity index (χ0n) is 7.94. The van der Waals surface area contributed by atoms with Gasteiger partial charge in [-0.2, -0.15) is 0 Å². The van der Waals surface area contributed by atoms with Gasteiger partial charge in [-0.05, 0) is 23.1 Å². The van der Waals surface area contributed by atoms with Crippen LogP contribution in [0, 0.1) is 6.20 Å². The Morgan fingerprint density at radius 3 is 2.46 bits per heavy atom. The molecule has 1 rings (SSSR count). The normalized spacial score (nSPS) is 12.2. The van der Waals surface area contributed by atoms with Crippen LogP contribution in [0.5, 0.6) is 0 Å². The molecule has 71 valence electrons. The average molecular weight is 184 g/mol. The van der Waals surface area contributed by atoms with E-state index in [0.29, 0.717) is 0 Å². The molecule has 0 saturated carbocycles. The third-order valence-corrected chi connectivity index (χ3v) is 1.81. The lowest BCUT2D eigenvalue weighted by Crippen LogP contribution is -2.11. The highest BCUT2D eigenvalue weighted by Crippen LogP contribution is 2.24. The molecule has 0 aliphatic heterocycles. The number of nitrogens with zero attached hydrogens (tertiary/aromatic N) is 1. The molecule has 1 nitrogen and oxygen atoms in total. The number of alkyl halides is 2. The molecule has 0 aliphatic carbocycles. The van der Waals surface area contributed by atoms with Gasteiger partial charge in [-0.15, -0.1) is 0 Å². The van der Waals surface area contributed by atoms with Gasteiger partial charge in [-0.25, -0.2) is 13.8 Å². The molecule has 1 heterocycles. The molecule has 0 N–H and O–H groups in total. The van der Waals surface area contributed by atoms with Crippen LogP contribution >= 0.6 is 0 Å². The Hall–Kier alpha value is -0.990. The number of pyridine rings is 1. The second-order valence-electron chi connectivity index (χ2n) is 3.96. The fourth-order valence-corrected chi connectivity index (χ4v) is 0.954. The van der Waals surface area contributed by atoms with Crippen LogP contribution in [0.25, 0.3) is 0 Å². The summed E-state index contributed by atoms with van der Waals surface area (Å²) in [7, 11) is 0. The Kier molecular flexibility index (Phi) is 2.64. The Bertz CT molecular complexity index is 289. The highest BCUT2D eigenvalue weighted by molar-refractivity contribution is 5.23. The first-order valence-electron chi connectivity index (χ1n) is 4.08. The number of rotatable bonds is 1. The summed E-state index contributed by atoms with van der Waals surface area (Å²) in [5.74, 6) is 0. The highest BCUT2D eigenvalue weighted by atomic mass is 19.3. The predicted octanol–water partition coefficient (Wildman–Crippen LogP) is 3.12. The molecule has 0 amide bonds. The molecule has 0 bridgehead atoms. The minimum absolute atomic E-state index is 0.136. The summed E-state index contributed by atoms with van der Waals surface area (Å²) in [6.45, 7) is 5.89. The van der Waals surface area contributed by atoms with Gasteiger partial charge in [-0.1, -0.05) is 20.8 Å². The number of aromatic nitrogens is 1. The number of hydrogen-bond donors (Lipinski definition) is 0. The third kappa shape index (κ3) is 2.47. The van der Waals surface area contributed by atoms with Crippen molar-refractivity contribution >= 4 is 0 Å². The van der Waals surface area contributed by atoms with E-state index in [-0.39, 0.29) is 11.1 Å². The smallest absolute Gasteiger partial charge is 0.245 e. The Morgan fingerprint density at radius 1 is 1.38 bits per heavy atom. The van der Waals surface area contributed by atoms with Gasteiger partial charge in [0.15, 0.2) is 0 Å². The maximum Gasteiger partial charge on any atom is 0.280 e. The lowest BCUT2D eigenvalue weighted by atomic mass is 9.87. The molecule has 0 saturated heterocycles. The monoisotopic (exact) mass is 184 g/mol. The number of halogens is 2. The molecule has 3 heteroatoms. The molecule has 1 aromatic rings. The van der Waals surface area contributed by atoms with Gasteiger partial charge in [0.1, 0.15) is 5.69 Å². The second-order valence-corrected chi connectivity index (χ2v) is 3.96. The average Bonchev–Trinajstić information content (AvgIpc) is 2.03. The number of hydrogen-bond acceptors (Lipinski definition) is 1. The molecule has 0 aliphatic rings. The van der Waals surface area contributed by atoms with Gasteiger partial charge in [0, 0.05) is 0 Å². The second kappa shape index (κ2) is 3.40. The van der Waals surface area contributed by atoms with E-state index >= 15 is 0 Å². The van der Waals surface area contributed by atoms with Crippen LogP contribution in [0.1, 0.15) is 38.5 Å². The molecule has 0 spiro atoms. The summed E-state index contributed by atoms with van der Waals surface area (Å²) in [6.07, 6.45) is -0.0278. The van der Waals surface area contributed by atoms with Crippen molar-refractivity contribution in [2.75, 3.05) is 0 Å². The van der Waals surface area contributed by atoms with Gasteiger partial charge < -0.3 is 0 Å². The summed E-state index contributed by atoms with van der Waals surface area (Å²) in [5.41, 5.74) is 0.494. The van der Waals surface area contributed by atoms with Crippen molar-refractivity contribution in [3.05, 3.63) is 29.6 Å². The molecule has 1 aromatic heterocycles. The quantitative estimate of drug-likeness (QED) is 0.653. The lowest BCUT2D eigenvalue weighted by molar-refractivity contribution is 0.146. The van der Waals surface area contributed by atoms with E-state index < -0.39 is 6.43 Å². The summed E-state index contributed by atoms with van der Waals surface area (Å²) < 4.78 is 24.5. The van der Waals surface area contributed by atoms with E-state index in [2.05, 4.69) is 11.2 Å². The first-order chi connectivity index (χ1) is 5.91. The zero-order chi connectivity index (χ0) is 10.1. The first kappa shape index (κ1) is 10.1. The van der Waals surface area contributed by atoms with Crippen LogP contribution < -0.4 is 0 Å². The van der Waals surface area contributed by atoms with E-state index in [9.17, 15) is 8.78 Å². The first-order valence-corrected chi connectivity index (χ1v) is 4.08. The van der Waals surface area contributed by atoms with Crippen LogP contribution in [0.4, 0.5) is 8.78 Å². The summed E-state index contributed by atoms with van der Waals surface area (Å²) in [5, 5.41) is 0. The maximum atomic E-state index is 12.3. The Labute approximate surface area is 76.8 Å². The molecular weight excluding hydrogens is 172 g/mol. The standard InChI is InChI=1S/C10H12F2N/c1-10(2,3)7-4-5-13-8(6-7)9(11)12/h4,6,9H,1-3H3.